The van der Waals surface area contributed by atoms with Crippen molar-refractivity contribution in [3.63, 3.8) is 0 Å². The summed E-state index contributed by atoms with van der Waals surface area (Å²) in [6.45, 7) is 1.95. The zero-order chi connectivity index (χ0) is 57.3. The van der Waals surface area contributed by atoms with E-state index in [0.29, 0.717) is 0 Å². The number of aliphatic hydroxyl groups excluding tert-OH is 18. The minimum Gasteiger partial charge on any atom is -0.394 e. The molecule has 7 saturated heterocycles. The van der Waals surface area contributed by atoms with Crippen molar-refractivity contribution >= 4 is 0 Å². The number of rotatable bonds is 19. The third-order valence-corrected chi connectivity index (χ3v) is 16.3. The van der Waals surface area contributed by atoms with Gasteiger partial charge in [-0.2, -0.15) is 0 Å². The van der Waals surface area contributed by atoms with Crippen LogP contribution in [0.4, 0.5) is 0 Å². The molecule has 7 rings (SSSR count). The molecule has 0 amide bonds. The lowest BCUT2D eigenvalue weighted by Crippen LogP contribution is -2.67. The lowest BCUT2D eigenvalue weighted by molar-refractivity contribution is -0.398. The maximum Gasteiger partial charge on any atom is 0.187 e. The molecule has 7 aliphatic heterocycles. The summed E-state index contributed by atoms with van der Waals surface area (Å²) < 4.78 is 77.7. The molecule has 31 heteroatoms. The molecule has 0 radical (unpaired) electrons. The summed E-state index contributed by atoms with van der Waals surface area (Å²) in [4.78, 5) is 0. The molecule has 0 aromatic carbocycles. The van der Waals surface area contributed by atoms with Gasteiger partial charge in [0.25, 0.3) is 0 Å². The molecule has 0 bridgehead atoms. The Morgan fingerprint density at radius 1 is 0.256 bits per heavy atom. The van der Waals surface area contributed by atoms with E-state index in [1.165, 1.54) is 20.8 Å². The number of ether oxygens (including phenoxy) is 13. The standard InChI is InChI=1S/C47H82O31/c1-13-17(5)67-22(10-52)37(27(13)56)74-44-16(4)28(57)38(23(11-53)72-44)75-45-36(65)39(76-47-41(35(64)32(61)21(9-51)71-47)78-43-15(3)26(55)30(59)19(7-49)69-43)33(62)24(73-45)12-66-46-40(34(63)31(60)20(8-50)70-46)77-42-14(2)25(54)29(58)18(6-48)68-42/h13-65H,6-12H2,1-5H3/t13-,14?,15?,16+,17+,18+,19?,20?,21-,22?,23?,24?,25?,26-,27?,28?,29-,30-,31-,32-,33-,34?,35?,36?,37-,38-,39?,40-,41?,42+,43+,44+,45+,46+,47?/m1/s1. The predicted octanol–water partition coefficient (Wildman–Crippen LogP) is -10.1. The molecule has 0 aromatic heterocycles. The molecular formula is C47H82O31. The first kappa shape index (κ1) is 64.3. The van der Waals surface area contributed by atoms with Crippen LogP contribution in [0.2, 0.25) is 0 Å². The quantitative estimate of drug-likeness (QED) is 0.0571. The van der Waals surface area contributed by atoms with Gasteiger partial charge in [0.15, 0.2) is 37.7 Å². The van der Waals surface area contributed by atoms with Crippen LogP contribution < -0.4 is 0 Å². The van der Waals surface area contributed by atoms with Gasteiger partial charge in [-0.05, 0) is 6.92 Å². The summed E-state index contributed by atoms with van der Waals surface area (Å²) in [5.74, 6) is -3.68. The molecule has 35 atom stereocenters. The van der Waals surface area contributed by atoms with Crippen LogP contribution in [-0.2, 0) is 61.6 Å². The van der Waals surface area contributed by atoms with E-state index >= 15 is 0 Å². The van der Waals surface area contributed by atoms with Crippen molar-refractivity contribution in [2.45, 2.75) is 225 Å². The van der Waals surface area contributed by atoms with E-state index in [1.807, 2.05) is 0 Å². The maximum atomic E-state index is 12.2. The highest BCUT2D eigenvalue weighted by molar-refractivity contribution is 5.00. The van der Waals surface area contributed by atoms with E-state index in [2.05, 4.69) is 0 Å². The lowest BCUT2D eigenvalue weighted by Gasteiger charge is -2.50. The third kappa shape index (κ3) is 13.2. The Morgan fingerprint density at radius 2 is 0.577 bits per heavy atom. The summed E-state index contributed by atoms with van der Waals surface area (Å²) in [6.07, 6.45) is -50.7. The molecule has 16 unspecified atom stereocenters. The Kier molecular flexibility index (Phi) is 22.8. The van der Waals surface area contributed by atoms with Gasteiger partial charge in [-0.25, -0.2) is 0 Å². The fourth-order valence-corrected chi connectivity index (χ4v) is 10.8. The van der Waals surface area contributed by atoms with Crippen molar-refractivity contribution in [2.24, 2.45) is 23.7 Å². The van der Waals surface area contributed by atoms with Crippen LogP contribution in [0.3, 0.4) is 0 Å². The minimum atomic E-state index is -2.19. The third-order valence-electron chi connectivity index (χ3n) is 16.3. The Morgan fingerprint density at radius 3 is 1.04 bits per heavy atom. The van der Waals surface area contributed by atoms with Crippen LogP contribution in [0.25, 0.3) is 0 Å². The monoisotopic (exact) mass is 1140 g/mol. The van der Waals surface area contributed by atoms with Crippen LogP contribution in [0.15, 0.2) is 0 Å². The summed E-state index contributed by atoms with van der Waals surface area (Å²) in [5.41, 5.74) is 0. The zero-order valence-electron chi connectivity index (χ0n) is 43.5. The van der Waals surface area contributed by atoms with Crippen molar-refractivity contribution in [1.82, 2.24) is 0 Å². The van der Waals surface area contributed by atoms with Gasteiger partial charge in [-0.1, -0.05) is 27.7 Å². The largest absolute Gasteiger partial charge is 0.394 e. The fraction of sp³-hybridized carbons (Fsp3) is 1.00. The van der Waals surface area contributed by atoms with E-state index in [9.17, 15) is 91.9 Å². The van der Waals surface area contributed by atoms with Gasteiger partial charge in [0.1, 0.15) is 122 Å². The van der Waals surface area contributed by atoms with Gasteiger partial charge in [-0.15, -0.1) is 0 Å². The Balaban J connectivity index is 1.18. The van der Waals surface area contributed by atoms with Crippen LogP contribution in [0.5, 0.6) is 0 Å². The smallest absolute Gasteiger partial charge is 0.187 e. The highest BCUT2D eigenvalue weighted by Crippen LogP contribution is 2.39. The highest BCUT2D eigenvalue weighted by atomic mass is 16.8. The maximum absolute atomic E-state index is 12.2. The SMILES string of the molecule is CC1C(O)[C@H](O)[C@H](CO)O[C@H]1O[C@@H]1C(O)[C@H](O)C(CO)O[C@@H]1OCC1O[C@@H](O[C@@H]2C(CO)O[C@@H](O[C@@H]3C(CO)O[C@@H](C)[C@@H](C)C3O)[C@@H](C)C2O)C(O)C(OC2O[C@H](CO)[C@@H](O)C(O)C2O[C@@H]2OC(CO)[C@@H](O)[C@H](O)C2C)[C@@H]1O. The highest BCUT2D eigenvalue weighted by Gasteiger charge is 2.58. The molecule has 78 heavy (non-hydrogen) atoms. The van der Waals surface area contributed by atoms with Crippen molar-refractivity contribution in [3.05, 3.63) is 0 Å². The van der Waals surface area contributed by atoms with Crippen LogP contribution >= 0.6 is 0 Å². The minimum absolute atomic E-state index is 0.471. The lowest BCUT2D eigenvalue weighted by atomic mass is 9.88. The van der Waals surface area contributed by atoms with Crippen molar-refractivity contribution in [2.75, 3.05) is 46.2 Å². The first-order chi connectivity index (χ1) is 37.0. The van der Waals surface area contributed by atoms with Gasteiger partial charge in [0.2, 0.25) is 0 Å². The number of hydrogen-bond acceptors (Lipinski definition) is 31. The van der Waals surface area contributed by atoms with Crippen molar-refractivity contribution < 1.29 is 153 Å². The second kappa shape index (κ2) is 27.6. The Hall–Kier alpha value is -1.24. The Labute approximate surface area is 447 Å². The van der Waals surface area contributed by atoms with Gasteiger partial charge >= 0.3 is 0 Å². The van der Waals surface area contributed by atoms with Crippen LogP contribution in [0, 0.1) is 23.7 Å². The van der Waals surface area contributed by atoms with Crippen LogP contribution in [0.1, 0.15) is 34.6 Å². The van der Waals surface area contributed by atoms with Gasteiger partial charge in [0.05, 0.1) is 76.8 Å². The van der Waals surface area contributed by atoms with E-state index in [-0.39, 0.29) is 0 Å². The van der Waals surface area contributed by atoms with Crippen molar-refractivity contribution in [1.29, 1.82) is 0 Å². The summed E-state index contributed by atoms with van der Waals surface area (Å²) >= 11 is 0. The molecule has 0 aliphatic carbocycles. The van der Waals surface area contributed by atoms with E-state index < -0.39 is 260 Å². The van der Waals surface area contributed by atoms with E-state index in [4.69, 9.17) is 61.6 Å². The fourth-order valence-electron chi connectivity index (χ4n) is 10.8. The molecule has 7 fully saturated rings. The second-order valence-electron chi connectivity index (χ2n) is 21.4. The first-order valence-electron chi connectivity index (χ1n) is 26.3. The molecule has 0 saturated carbocycles. The molecule has 0 spiro atoms. The van der Waals surface area contributed by atoms with Gasteiger partial charge < -0.3 is 153 Å². The summed E-state index contributed by atoms with van der Waals surface area (Å²) in [7, 11) is 0. The van der Waals surface area contributed by atoms with Gasteiger partial charge in [-0.3, -0.25) is 0 Å². The average molecular weight is 1140 g/mol. The summed E-state index contributed by atoms with van der Waals surface area (Å²) in [5, 5.41) is 195. The van der Waals surface area contributed by atoms with E-state index in [1.54, 1.807) is 13.8 Å². The number of hydrogen-bond donors (Lipinski definition) is 18. The molecule has 18 N–H and O–H groups in total. The first-order valence-corrected chi connectivity index (χ1v) is 26.3. The predicted molar refractivity (Wildman–Crippen MR) is 248 cm³/mol. The van der Waals surface area contributed by atoms with E-state index in [0.717, 1.165) is 0 Å². The van der Waals surface area contributed by atoms with Gasteiger partial charge in [0, 0.05) is 23.7 Å². The number of aliphatic hydroxyl groups is 18. The average Bonchev–Trinajstić information content (AvgIpc) is 3.47. The molecule has 0 aromatic rings. The topological polar surface area (TPSA) is 484 Å². The van der Waals surface area contributed by atoms with Crippen molar-refractivity contribution in [3.8, 4) is 0 Å². The molecule has 7 heterocycles. The van der Waals surface area contributed by atoms with Crippen LogP contribution in [-0.4, -0.2) is 329 Å². The normalized spacial score (nSPS) is 53.5. The second-order valence-corrected chi connectivity index (χ2v) is 21.4. The molecular weight excluding hydrogens is 1060 g/mol. The molecule has 31 nitrogen and oxygen atoms in total. The Bertz CT molecular complexity index is 1810. The summed E-state index contributed by atoms with van der Waals surface area (Å²) in [6, 6.07) is 0. The molecule has 7 aliphatic rings. The molecule has 456 valence electrons. The zero-order valence-corrected chi connectivity index (χ0v) is 43.5.